The van der Waals surface area contributed by atoms with Gasteiger partial charge in [0, 0.05) is 24.0 Å². The second-order valence-electron chi connectivity index (χ2n) is 15.0. The molecule has 0 aromatic heterocycles. The monoisotopic (exact) mass is 937 g/mol. The van der Waals surface area contributed by atoms with Crippen molar-refractivity contribution in [1.82, 2.24) is 5.32 Å². The molecule has 0 aromatic carbocycles. The van der Waals surface area contributed by atoms with Gasteiger partial charge in [0.15, 0.2) is 17.0 Å². The second-order valence-corrected chi connectivity index (χ2v) is 19.7. The lowest BCUT2D eigenvalue weighted by molar-refractivity contribution is -0.205. The number of carbonyl (C=O) groups is 2. The van der Waals surface area contributed by atoms with Crippen LogP contribution in [0.1, 0.15) is 59.3 Å². The van der Waals surface area contributed by atoms with Crippen LogP contribution in [0.4, 0.5) is 0 Å². The molecule has 17 atom stereocenters. The maximum atomic E-state index is 13.1. The number of aliphatic carboxylic acids is 1. The zero-order valence-corrected chi connectivity index (χ0v) is 36.5. The van der Waals surface area contributed by atoms with Crippen molar-refractivity contribution >= 4 is 58.9 Å². The highest BCUT2D eigenvalue weighted by Gasteiger charge is 2.59. The van der Waals surface area contributed by atoms with E-state index < -0.39 is 144 Å². The van der Waals surface area contributed by atoms with Crippen molar-refractivity contribution in [3.63, 3.8) is 0 Å². The standard InChI is InChI=1S/C36H59NO19S4/c1-4-5-6-7-8-9-57-32-27(50)31(59-33-25(48)24(47)21(44)14(2)53-33)29(19(13-40)55-32)58-34-26(49)30(23(46)18(12-39)54-34)60-36(35(51)52)10-16(42)20(37-15(3)41)28(56-36)22(45)17(43)11-38/h14,16-26,28,30,33-34,38-40,42-50H,4-13H2,1-3H3,(H,37,41)(H,51,52)/t14-,16-,17+,18+,19+,20+,21+,22+,23-,24+,25-,26+,28+,30-,33-,34-,36-/m0/s1. The molecule has 3 fully saturated rings. The quantitative estimate of drug-likeness (QED) is 0.0587. The summed E-state index contributed by atoms with van der Waals surface area (Å²) in [5.41, 5.74) is -2.84. The SMILES string of the molecule is CCCCCCCSC1=C(O)C(S[C@@H]2O[C@@H](C)[C@@H](O)[C@@H](O)[C@@H]2O)=C(S[C@@H]2O[C@H](CO)[C@H](O)[C@H](S[C@]3(C(=O)O)C[C@H](O)[C@@H](NC(C)=O)[C@H]([C@H](O)[C@H](O)CO)O3)[C@H]2O)[C@@H](CO)O1. The third kappa shape index (κ3) is 11.9. The molecule has 4 heterocycles. The Hall–Kier alpha value is -1.14. The van der Waals surface area contributed by atoms with Gasteiger partial charge < -0.3 is 90.6 Å². The van der Waals surface area contributed by atoms with Gasteiger partial charge in [-0.1, -0.05) is 67.9 Å². The Bertz CT molecular complexity index is 1500. The summed E-state index contributed by atoms with van der Waals surface area (Å²) in [6, 6.07) is -1.49. The number of amides is 1. The number of carboxylic acids is 1. The van der Waals surface area contributed by atoms with Crippen molar-refractivity contribution in [2.45, 2.75) is 160 Å². The van der Waals surface area contributed by atoms with Crippen LogP contribution in [0, 0.1) is 0 Å². The van der Waals surface area contributed by atoms with Gasteiger partial charge >= 0.3 is 5.97 Å². The van der Waals surface area contributed by atoms with Crippen molar-refractivity contribution in [3.05, 3.63) is 20.7 Å². The lowest BCUT2D eigenvalue weighted by atomic mass is 9.89. The molecule has 60 heavy (non-hydrogen) atoms. The molecule has 0 saturated carbocycles. The van der Waals surface area contributed by atoms with E-state index in [4.69, 9.17) is 18.9 Å². The fourth-order valence-corrected chi connectivity index (χ4v) is 12.5. The largest absolute Gasteiger partial charge is 0.503 e. The van der Waals surface area contributed by atoms with Gasteiger partial charge in [0.2, 0.25) is 10.8 Å². The fraction of sp³-hybridized carbons (Fsp3) is 0.833. The number of unbranched alkanes of at least 4 members (excludes halogenated alkanes) is 4. The molecule has 14 N–H and O–H groups in total. The zero-order chi connectivity index (χ0) is 44.6. The lowest BCUT2D eigenvalue weighted by Crippen LogP contribution is -2.67. The first kappa shape index (κ1) is 51.5. The van der Waals surface area contributed by atoms with E-state index in [9.17, 15) is 76.0 Å². The van der Waals surface area contributed by atoms with Crippen LogP contribution in [0.15, 0.2) is 20.7 Å². The molecule has 0 aromatic rings. The van der Waals surface area contributed by atoms with Gasteiger partial charge in [-0.15, -0.1) is 11.8 Å². The van der Waals surface area contributed by atoms with Crippen LogP contribution in [0.5, 0.6) is 0 Å². The summed E-state index contributed by atoms with van der Waals surface area (Å²) >= 11 is 2.87. The number of hydrogen-bond donors (Lipinski definition) is 14. The number of rotatable bonds is 20. The maximum absolute atomic E-state index is 13.1. The van der Waals surface area contributed by atoms with Gasteiger partial charge in [0.25, 0.3) is 0 Å². The van der Waals surface area contributed by atoms with Crippen LogP contribution >= 0.6 is 47.0 Å². The Morgan fingerprint density at radius 2 is 1.55 bits per heavy atom. The van der Waals surface area contributed by atoms with Crippen LogP contribution < -0.4 is 5.32 Å². The summed E-state index contributed by atoms with van der Waals surface area (Å²) in [5, 5.41) is 141. The van der Waals surface area contributed by atoms with Crippen molar-refractivity contribution in [1.29, 1.82) is 0 Å². The minimum atomic E-state index is -2.61. The molecule has 0 unspecified atom stereocenters. The first-order chi connectivity index (χ1) is 28.4. The van der Waals surface area contributed by atoms with Crippen LogP contribution in [0.3, 0.4) is 0 Å². The topological polar surface area (TPSA) is 346 Å². The van der Waals surface area contributed by atoms with Gasteiger partial charge in [-0.3, -0.25) is 4.79 Å². The van der Waals surface area contributed by atoms with Crippen LogP contribution in [0.2, 0.25) is 0 Å². The maximum Gasteiger partial charge on any atom is 0.346 e. The Morgan fingerprint density at radius 3 is 2.15 bits per heavy atom. The minimum Gasteiger partial charge on any atom is -0.503 e. The van der Waals surface area contributed by atoms with Gasteiger partial charge in [-0.25, -0.2) is 4.79 Å². The average molecular weight is 938 g/mol. The smallest absolute Gasteiger partial charge is 0.346 e. The van der Waals surface area contributed by atoms with E-state index in [0.29, 0.717) is 29.3 Å². The second kappa shape index (κ2) is 23.2. The number of nitrogens with one attached hydrogen (secondary N) is 1. The predicted molar refractivity (Wildman–Crippen MR) is 219 cm³/mol. The number of hydrogen-bond acceptors (Lipinski definition) is 22. The van der Waals surface area contributed by atoms with E-state index in [1.54, 1.807) is 0 Å². The fourth-order valence-electron chi connectivity index (χ4n) is 7.04. The van der Waals surface area contributed by atoms with E-state index in [1.165, 1.54) is 18.7 Å². The normalized spacial score (nSPS) is 38.6. The van der Waals surface area contributed by atoms with E-state index in [1.807, 2.05) is 0 Å². The first-order valence-corrected chi connectivity index (χ1v) is 23.2. The third-order valence-electron chi connectivity index (χ3n) is 10.4. The summed E-state index contributed by atoms with van der Waals surface area (Å²) in [4.78, 5) is 22.4. The Balaban J connectivity index is 1.73. The Kier molecular flexibility index (Phi) is 19.9. The Morgan fingerprint density at radius 1 is 0.883 bits per heavy atom. The number of thioether (sulfide) groups is 4. The number of carboxylic acid groups (broad SMARTS) is 1. The van der Waals surface area contributed by atoms with Crippen molar-refractivity contribution in [2.75, 3.05) is 25.6 Å². The highest BCUT2D eigenvalue weighted by atomic mass is 32.2. The Labute approximate surface area is 363 Å². The molecule has 0 aliphatic carbocycles. The molecule has 1 amide bonds. The van der Waals surface area contributed by atoms with E-state index in [-0.39, 0.29) is 14.9 Å². The number of aliphatic hydroxyl groups is 12. The number of aliphatic hydroxyl groups excluding tert-OH is 12. The molecular formula is C36H59NO19S4. The van der Waals surface area contributed by atoms with Crippen LogP contribution in [-0.2, 0) is 28.5 Å². The number of ether oxygens (including phenoxy) is 4. The van der Waals surface area contributed by atoms with E-state index in [2.05, 4.69) is 12.2 Å². The third-order valence-corrected chi connectivity index (χ3v) is 15.9. The molecule has 346 valence electrons. The molecule has 0 bridgehead atoms. The average Bonchev–Trinajstić information content (AvgIpc) is 3.21. The highest BCUT2D eigenvalue weighted by molar-refractivity contribution is 8.07. The molecule has 4 rings (SSSR count). The highest BCUT2D eigenvalue weighted by Crippen LogP contribution is 2.51. The van der Waals surface area contributed by atoms with Gasteiger partial charge in [0.05, 0.1) is 54.3 Å². The zero-order valence-electron chi connectivity index (χ0n) is 33.2. The van der Waals surface area contributed by atoms with Gasteiger partial charge in [-0.2, -0.15) is 0 Å². The van der Waals surface area contributed by atoms with E-state index >= 15 is 0 Å². The molecule has 0 radical (unpaired) electrons. The molecule has 20 nitrogen and oxygen atoms in total. The molecule has 4 aliphatic heterocycles. The van der Waals surface area contributed by atoms with Gasteiger partial charge in [-0.05, 0) is 13.3 Å². The van der Waals surface area contributed by atoms with Crippen LogP contribution in [0.25, 0.3) is 0 Å². The van der Waals surface area contributed by atoms with Crippen molar-refractivity contribution < 1.29 is 94.9 Å². The molecular weight excluding hydrogens is 879 g/mol. The molecule has 3 saturated heterocycles. The molecule has 0 spiro atoms. The van der Waals surface area contributed by atoms with Crippen molar-refractivity contribution in [3.8, 4) is 0 Å². The summed E-state index contributed by atoms with van der Waals surface area (Å²) in [6.07, 6.45) is -15.8. The lowest BCUT2D eigenvalue weighted by Gasteiger charge is -2.50. The summed E-state index contributed by atoms with van der Waals surface area (Å²) < 4.78 is 23.6. The minimum absolute atomic E-state index is 0.00820. The number of carbonyl (C=O) groups excluding carboxylic acids is 1. The van der Waals surface area contributed by atoms with Crippen LogP contribution in [-0.4, -0.2) is 204 Å². The molecule has 24 heteroatoms. The van der Waals surface area contributed by atoms with E-state index in [0.717, 1.165) is 50.8 Å². The summed E-state index contributed by atoms with van der Waals surface area (Å²) in [5.74, 6) is -2.39. The first-order valence-electron chi connectivity index (χ1n) is 19.6. The summed E-state index contributed by atoms with van der Waals surface area (Å²) in [7, 11) is 0. The summed E-state index contributed by atoms with van der Waals surface area (Å²) in [6.45, 7) is 2.04. The van der Waals surface area contributed by atoms with Gasteiger partial charge in [0.1, 0.15) is 59.7 Å². The predicted octanol–water partition coefficient (Wildman–Crippen LogP) is -2.00. The molecule has 4 aliphatic rings. The van der Waals surface area contributed by atoms with Crippen molar-refractivity contribution in [2.24, 2.45) is 0 Å².